The van der Waals surface area contributed by atoms with Crippen molar-refractivity contribution < 1.29 is 0 Å². The monoisotopic (exact) mass is 163 g/mol. The van der Waals surface area contributed by atoms with E-state index in [9.17, 15) is 0 Å². The van der Waals surface area contributed by atoms with Crippen molar-refractivity contribution in [2.45, 2.75) is 6.92 Å². The number of hydrogen-bond donors (Lipinski definition) is 2. The molecular formula is C7H9N5. The molecule has 0 aliphatic rings. The molecule has 0 radical (unpaired) electrons. The van der Waals surface area contributed by atoms with Crippen LogP contribution in [-0.2, 0) is 0 Å². The fourth-order valence-electron chi connectivity index (χ4n) is 1.18. The van der Waals surface area contributed by atoms with E-state index >= 15 is 0 Å². The molecule has 0 saturated carbocycles. The number of nitrogens with two attached hydrogens (primary N) is 1. The summed E-state index contributed by atoms with van der Waals surface area (Å²) in [5.41, 5.74) is 3.42. The van der Waals surface area contributed by atoms with E-state index in [1.807, 2.05) is 29.7 Å². The lowest BCUT2D eigenvalue weighted by atomic mass is 10.5. The van der Waals surface area contributed by atoms with Gasteiger partial charge in [-0.1, -0.05) is 0 Å². The van der Waals surface area contributed by atoms with Crippen LogP contribution >= 0.6 is 0 Å². The Morgan fingerprint density at radius 1 is 1.50 bits per heavy atom. The fourth-order valence-corrected chi connectivity index (χ4v) is 1.18. The summed E-state index contributed by atoms with van der Waals surface area (Å²) < 4.78 is 1.92. The van der Waals surface area contributed by atoms with Gasteiger partial charge in [0.2, 0.25) is 0 Å². The Bertz CT molecular complexity index is 405. The Kier molecular flexibility index (Phi) is 1.44. The van der Waals surface area contributed by atoms with Crippen molar-refractivity contribution in [1.82, 2.24) is 14.6 Å². The number of aromatic nitrogens is 3. The lowest BCUT2D eigenvalue weighted by Crippen LogP contribution is -2.11. The third-order valence-corrected chi connectivity index (χ3v) is 1.77. The smallest absolute Gasteiger partial charge is 0.187 e. The summed E-state index contributed by atoms with van der Waals surface area (Å²) in [6, 6.07) is 3.85. The molecule has 0 aliphatic heterocycles. The second-order valence-corrected chi connectivity index (χ2v) is 2.50. The Morgan fingerprint density at radius 3 is 3.08 bits per heavy atom. The van der Waals surface area contributed by atoms with Crippen LogP contribution < -0.4 is 11.3 Å². The maximum absolute atomic E-state index is 5.26. The van der Waals surface area contributed by atoms with E-state index in [4.69, 9.17) is 5.84 Å². The van der Waals surface area contributed by atoms with Crippen molar-refractivity contribution in [3.05, 3.63) is 24.2 Å². The highest BCUT2D eigenvalue weighted by molar-refractivity contribution is 5.66. The van der Waals surface area contributed by atoms with E-state index in [0.29, 0.717) is 5.82 Å². The Labute approximate surface area is 69.2 Å². The molecule has 0 aromatic carbocycles. The molecule has 2 aromatic heterocycles. The summed E-state index contributed by atoms with van der Waals surface area (Å²) in [5.74, 6) is 6.69. The standard InChI is InChI=1S/C7H9N5/c1-5-10-11-7(9-8)6-3-2-4-12(5)6/h2-4H,8H2,1H3,(H,9,11). The normalized spacial score (nSPS) is 10.5. The van der Waals surface area contributed by atoms with Gasteiger partial charge in [-0.25, -0.2) is 5.84 Å². The first-order valence-corrected chi connectivity index (χ1v) is 3.60. The quantitative estimate of drug-likeness (QED) is 0.469. The van der Waals surface area contributed by atoms with Gasteiger partial charge >= 0.3 is 0 Å². The van der Waals surface area contributed by atoms with Crippen molar-refractivity contribution >= 4 is 11.3 Å². The lowest BCUT2D eigenvalue weighted by molar-refractivity contribution is 0.884. The Balaban J connectivity index is 2.82. The van der Waals surface area contributed by atoms with E-state index in [0.717, 1.165) is 11.3 Å². The minimum atomic E-state index is 0.589. The van der Waals surface area contributed by atoms with Crippen LogP contribution in [0.1, 0.15) is 5.82 Å². The van der Waals surface area contributed by atoms with E-state index in [2.05, 4.69) is 15.6 Å². The van der Waals surface area contributed by atoms with Crippen LogP contribution in [0.2, 0.25) is 0 Å². The van der Waals surface area contributed by atoms with E-state index in [-0.39, 0.29) is 0 Å². The van der Waals surface area contributed by atoms with Gasteiger partial charge in [0.15, 0.2) is 5.82 Å². The number of anilines is 1. The molecule has 0 amide bonds. The second-order valence-electron chi connectivity index (χ2n) is 2.50. The maximum atomic E-state index is 5.26. The summed E-state index contributed by atoms with van der Waals surface area (Å²) in [4.78, 5) is 0. The van der Waals surface area contributed by atoms with Crippen LogP contribution in [0.25, 0.3) is 5.52 Å². The molecule has 2 rings (SSSR count). The number of rotatable bonds is 1. The zero-order valence-electron chi connectivity index (χ0n) is 6.65. The van der Waals surface area contributed by atoms with Crippen LogP contribution in [0.4, 0.5) is 5.82 Å². The fraction of sp³-hybridized carbons (Fsp3) is 0.143. The third kappa shape index (κ3) is 0.835. The highest BCUT2D eigenvalue weighted by Gasteiger charge is 2.02. The minimum absolute atomic E-state index is 0.589. The molecule has 0 aliphatic carbocycles. The summed E-state index contributed by atoms with van der Waals surface area (Å²) >= 11 is 0. The SMILES string of the molecule is Cc1nnc(NN)c2cccn12. The van der Waals surface area contributed by atoms with Gasteiger partial charge in [0.1, 0.15) is 5.82 Å². The van der Waals surface area contributed by atoms with Crippen molar-refractivity contribution in [3.63, 3.8) is 0 Å². The maximum Gasteiger partial charge on any atom is 0.187 e. The molecule has 62 valence electrons. The number of aryl methyl sites for hydroxylation is 1. The van der Waals surface area contributed by atoms with Crippen molar-refractivity contribution in [3.8, 4) is 0 Å². The average Bonchev–Trinajstić information content (AvgIpc) is 2.54. The number of hydrazine groups is 1. The topological polar surface area (TPSA) is 68.2 Å². The summed E-state index contributed by atoms with van der Waals surface area (Å²) in [7, 11) is 0. The van der Waals surface area contributed by atoms with Gasteiger partial charge in [0.25, 0.3) is 0 Å². The van der Waals surface area contributed by atoms with Crippen molar-refractivity contribution in [1.29, 1.82) is 0 Å². The number of nitrogens with zero attached hydrogens (tertiary/aromatic N) is 3. The first-order valence-electron chi connectivity index (χ1n) is 3.60. The third-order valence-electron chi connectivity index (χ3n) is 1.77. The van der Waals surface area contributed by atoms with E-state index < -0.39 is 0 Å². The lowest BCUT2D eigenvalue weighted by Gasteiger charge is -2.02. The Morgan fingerprint density at radius 2 is 2.33 bits per heavy atom. The molecule has 0 fully saturated rings. The first kappa shape index (κ1) is 7.05. The van der Waals surface area contributed by atoms with Gasteiger partial charge in [-0.15, -0.1) is 10.2 Å². The number of fused-ring (bicyclic) bond motifs is 1. The summed E-state index contributed by atoms with van der Waals surface area (Å²) in [6.45, 7) is 1.89. The van der Waals surface area contributed by atoms with Crippen LogP contribution in [0.15, 0.2) is 18.3 Å². The number of nitrogens with one attached hydrogen (secondary N) is 1. The van der Waals surface area contributed by atoms with Crippen LogP contribution in [0.5, 0.6) is 0 Å². The largest absolute Gasteiger partial charge is 0.305 e. The minimum Gasteiger partial charge on any atom is -0.305 e. The molecule has 0 spiro atoms. The zero-order chi connectivity index (χ0) is 8.55. The molecule has 5 heteroatoms. The molecule has 0 bridgehead atoms. The first-order chi connectivity index (χ1) is 5.83. The number of nitrogen functional groups attached to an aromatic ring is 1. The van der Waals surface area contributed by atoms with Crippen LogP contribution in [0, 0.1) is 6.92 Å². The molecule has 3 N–H and O–H groups in total. The molecule has 0 saturated heterocycles. The van der Waals surface area contributed by atoms with Crippen molar-refractivity contribution in [2.75, 3.05) is 5.43 Å². The van der Waals surface area contributed by atoms with Crippen molar-refractivity contribution in [2.24, 2.45) is 5.84 Å². The predicted octanol–water partition coefficient (Wildman–Crippen LogP) is 0.323. The van der Waals surface area contributed by atoms with Gasteiger partial charge in [-0.05, 0) is 19.1 Å². The predicted molar refractivity (Wildman–Crippen MR) is 45.5 cm³/mol. The molecule has 2 heterocycles. The molecule has 12 heavy (non-hydrogen) atoms. The van der Waals surface area contributed by atoms with Gasteiger partial charge in [0, 0.05) is 6.20 Å². The summed E-state index contributed by atoms with van der Waals surface area (Å²) in [6.07, 6.45) is 1.92. The second kappa shape index (κ2) is 2.46. The molecule has 0 unspecified atom stereocenters. The Hall–Kier alpha value is -1.62. The molecular weight excluding hydrogens is 154 g/mol. The van der Waals surface area contributed by atoms with Crippen LogP contribution in [-0.4, -0.2) is 14.6 Å². The zero-order valence-corrected chi connectivity index (χ0v) is 6.65. The van der Waals surface area contributed by atoms with Gasteiger partial charge in [-0.3, -0.25) is 0 Å². The van der Waals surface area contributed by atoms with Crippen LogP contribution in [0.3, 0.4) is 0 Å². The van der Waals surface area contributed by atoms with E-state index in [1.54, 1.807) is 0 Å². The molecule has 0 atom stereocenters. The van der Waals surface area contributed by atoms with Gasteiger partial charge in [-0.2, -0.15) is 0 Å². The highest BCUT2D eigenvalue weighted by atomic mass is 15.3. The molecule has 5 nitrogen and oxygen atoms in total. The molecule has 2 aromatic rings. The van der Waals surface area contributed by atoms with Gasteiger partial charge in [0.05, 0.1) is 5.52 Å². The highest BCUT2D eigenvalue weighted by Crippen LogP contribution is 2.12. The number of hydrogen-bond acceptors (Lipinski definition) is 4. The van der Waals surface area contributed by atoms with Gasteiger partial charge < -0.3 is 9.83 Å². The average molecular weight is 163 g/mol. The van der Waals surface area contributed by atoms with E-state index in [1.165, 1.54) is 0 Å². The summed E-state index contributed by atoms with van der Waals surface area (Å²) in [5, 5.41) is 7.81.